The fraction of sp³-hybridized carbons (Fsp3) is 0.409. The fourth-order valence-corrected chi connectivity index (χ4v) is 8.67. The summed E-state index contributed by atoms with van der Waals surface area (Å²) in [5.74, 6) is 1.40. The minimum atomic E-state index is -0.570. The molecule has 1 fully saturated rings. The predicted molar refractivity (Wildman–Crippen MR) is 206 cm³/mol. The van der Waals surface area contributed by atoms with Crippen LogP contribution >= 0.6 is 0 Å². The van der Waals surface area contributed by atoms with Gasteiger partial charge in [0.15, 0.2) is 11.5 Å². The van der Waals surface area contributed by atoms with Gasteiger partial charge in [0, 0.05) is 65.3 Å². The lowest BCUT2D eigenvalue weighted by Crippen LogP contribution is -2.39. The van der Waals surface area contributed by atoms with Gasteiger partial charge in [0.2, 0.25) is 0 Å². The highest BCUT2D eigenvalue weighted by molar-refractivity contribution is 5.88. The van der Waals surface area contributed by atoms with Crippen molar-refractivity contribution in [1.29, 1.82) is 0 Å². The highest BCUT2D eigenvalue weighted by Gasteiger charge is 2.37. The standard InChI is InChI=1S/C44H51N3O5/c1-2-3-5-10-36-24-40(49)30-11-14-37-29(21-30)12-15-39(48)42(37)52-28-33-23-35(44(17-19-50-20-18-44)34-8-6-4-7-9-34)22-32-25-47(26-38(32)33)43-31(27-51-36)13-16-41(45)46-43/h4,6-9,11-16,22-23,25-26,30,36,40-41,46,48-49H,2-3,5,10,17-21,24,27-28,45H2,1H3/t30-,36-,40-,41?/m0/s1. The Morgan fingerprint density at radius 3 is 2.62 bits per heavy atom. The maximum absolute atomic E-state index is 11.6. The Morgan fingerprint density at radius 1 is 0.942 bits per heavy atom. The molecule has 5 aliphatic rings. The lowest BCUT2D eigenvalue weighted by Gasteiger charge is -2.39. The van der Waals surface area contributed by atoms with Crippen molar-refractivity contribution in [1.82, 2.24) is 9.88 Å². The second-order valence-corrected chi connectivity index (χ2v) is 15.0. The van der Waals surface area contributed by atoms with Gasteiger partial charge in [-0.2, -0.15) is 0 Å². The van der Waals surface area contributed by atoms with Crippen LogP contribution < -0.4 is 15.8 Å². The number of hydrogen-bond donors (Lipinski definition) is 4. The Balaban J connectivity index is 1.28. The molecule has 9 rings (SSSR count). The largest absolute Gasteiger partial charge is 0.504 e. The Kier molecular flexibility index (Phi) is 9.99. The molecule has 4 aliphatic heterocycles. The van der Waals surface area contributed by atoms with Crippen LogP contribution in [0, 0.1) is 5.92 Å². The molecular formula is C44H51N3O5. The lowest BCUT2D eigenvalue weighted by atomic mass is 9.68. The molecule has 0 radical (unpaired) electrons. The van der Waals surface area contributed by atoms with Crippen molar-refractivity contribution in [2.75, 3.05) is 19.8 Å². The number of hydrogen-bond acceptors (Lipinski definition) is 7. The normalized spacial score (nSPS) is 24.3. The number of aliphatic hydroxyl groups is 1. The molecule has 0 amide bonds. The number of ether oxygens (including phenoxy) is 3. The summed E-state index contributed by atoms with van der Waals surface area (Å²) in [6.45, 7) is 4.25. The maximum atomic E-state index is 11.6. The lowest BCUT2D eigenvalue weighted by molar-refractivity contribution is 0.00725. The molecule has 4 atom stereocenters. The monoisotopic (exact) mass is 701 g/mol. The van der Waals surface area contributed by atoms with Crippen LogP contribution in [0.15, 0.2) is 90.8 Å². The van der Waals surface area contributed by atoms with Crippen molar-refractivity contribution in [3.63, 3.8) is 0 Å². The molecule has 1 saturated heterocycles. The molecule has 6 bridgehead atoms. The smallest absolute Gasteiger partial charge is 0.168 e. The Hall–Kier alpha value is -4.34. The number of benzene rings is 3. The number of nitrogens with one attached hydrogen (secondary N) is 1. The first kappa shape index (κ1) is 34.7. The summed E-state index contributed by atoms with van der Waals surface area (Å²) in [6.07, 6.45) is 18.6. The van der Waals surface area contributed by atoms with E-state index in [9.17, 15) is 10.2 Å². The van der Waals surface area contributed by atoms with Crippen molar-refractivity contribution >= 4 is 22.7 Å². The van der Waals surface area contributed by atoms with E-state index in [0.29, 0.717) is 38.4 Å². The zero-order valence-electron chi connectivity index (χ0n) is 30.1. The van der Waals surface area contributed by atoms with E-state index < -0.39 is 6.10 Å². The Labute approximate surface area is 306 Å². The average Bonchev–Trinajstić information content (AvgIpc) is 3.61. The van der Waals surface area contributed by atoms with Gasteiger partial charge in [-0.25, -0.2) is 0 Å². The average molecular weight is 702 g/mol. The minimum absolute atomic E-state index is 0.0636. The van der Waals surface area contributed by atoms with E-state index in [-0.39, 0.29) is 36.0 Å². The van der Waals surface area contributed by atoms with Crippen LogP contribution in [-0.2, 0) is 27.9 Å². The van der Waals surface area contributed by atoms with Gasteiger partial charge < -0.3 is 40.0 Å². The number of nitrogens with two attached hydrogens (primary N) is 1. The number of fused-ring (bicyclic) bond motifs is 5. The molecule has 1 aliphatic carbocycles. The number of aromatic hydroxyl groups is 1. The van der Waals surface area contributed by atoms with Gasteiger partial charge in [-0.05, 0) is 66.1 Å². The van der Waals surface area contributed by atoms with Gasteiger partial charge in [-0.15, -0.1) is 0 Å². The van der Waals surface area contributed by atoms with E-state index in [1.165, 1.54) is 11.1 Å². The molecule has 8 heteroatoms. The molecule has 0 spiro atoms. The molecule has 0 saturated carbocycles. The number of unbranched alkanes of at least 4 members (excludes halogenated alkanes) is 2. The summed E-state index contributed by atoms with van der Waals surface area (Å²) < 4.78 is 21.4. The van der Waals surface area contributed by atoms with E-state index in [4.69, 9.17) is 19.9 Å². The number of phenols is 1. The molecule has 1 unspecified atom stereocenters. The van der Waals surface area contributed by atoms with Gasteiger partial charge in [-0.3, -0.25) is 0 Å². The number of phenolic OH excluding ortho intramolecular Hbond substituents is 1. The van der Waals surface area contributed by atoms with Crippen LogP contribution in [0.2, 0.25) is 0 Å². The minimum Gasteiger partial charge on any atom is -0.504 e. The first-order valence-corrected chi connectivity index (χ1v) is 19.1. The van der Waals surface area contributed by atoms with Crippen LogP contribution in [0.4, 0.5) is 0 Å². The molecule has 3 aromatic carbocycles. The number of aliphatic hydroxyl groups excluding tert-OH is 1. The van der Waals surface area contributed by atoms with Crippen LogP contribution in [0.3, 0.4) is 0 Å². The SMILES string of the molecule is CCCCC[C@H]1C[C@H](O)[C@H]2C=Cc3c(ccc(O)c3OCc3cc(C4(c5ccccc5)CCOCC4)cc4cn(cc34)C3=C(C=CC(N)N3)CO1)C2. The summed E-state index contributed by atoms with van der Waals surface area (Å²) in [6, 6.07) is 19.1. The summed E-state index contributed by atoms with van der Waals surface area (Å²) in [5, 5.41) is 28.4. The quantitative estimate of drug-likeness (QED) is 0.154. The second kappa shape index (κ2) is 15.0. The molecule has 272 valence electrons. The summed E-state index contributed by atoms with van der Waals surface area (Å²) in [5.41, 5.74) is 12.7. The van der Waals surface area contributed by atoms with Crippen molar-refractivity contribution in [3.8, 4) is 11.5 Å². The van der Waals surface area contributed by atoms with Crippen molar-refractivity contribution < 1.29 is 24.4 Å². The van der Waals surface area contributed by atoms with Crippen molar-refractivity contribution in [2.24, 2.45) is 11.7 Å². The van der Waals surface area contributed by atoms with E-state index >= 15 is 0 Å². The van der Waals surface area contributed by atoms with Crippen molar-refractivity contribution in [3.05, 3.63) is 119 Å². The molecule has 1 aromatic heterocycles. The van der Waals surface area contributed by atoms with Crippen molar-refractivity contribution in [2.45, 2.75) is 88.7 Å². The van der Waals surface area contributed by atoms with Gasteiger partial charge in [0.25, 0.3) is 0 Å². The predicted octanol–water partition coefficient (Wildman–Crippen LogP) is 7.55. The van der Waals surface area contributed by atoms with Crippen LogP contribution in [0.25, 0.3) is 22.7 Å². The van der Waals surface area contributed by atoms with E-state index in [0.717, 1.165) is 77.4 Å². The zero-order valence-corrected chi connectivity index (χ0v) is 30.1. The van der Waals surface area contributed by atoms with Gasteiger partial charge in [0.1, 0.15) is 12.4 Å². The Bertz CT molecular complexity index is 1990. The van der Waals surface area contributed by atoms with Crippen LogP contribution in [0.1, 0.15) is 79.7 Å². The molecule has 5 heterocycles. The third-order valence-electron chi connectivity index (χ3n) is 11.6. The highest BCUT2D eigenvalue weighted by atomic mass is 16.5. The fourth-order valence-electron chi connectivity index (χ4n) is 8.67. The summed E-state index contributed by atoms with van der Waals surface area (Å²) in [7, 11) is 0. The molecule has 4 aromatic rings. The molecule has 52 heavy (non-hydrogen) atoms. The van der Waals surface area contributed by atoms with Crippen LogP contribution in [0.5, 0.6) is 11.5 Å². The topological polar surface area (TPSA) is 111 Å². The van der Waals surface area contributed by atoms with Gasteiger partial charge in [0.05, 0.1) is 25.0 Å². The third-order valence-corrected chi connectivity index (χ3v) is 11.6. The number of rotatable bonds is 6. The number of dihydropyridines is 1. The number of aromatic nitrogens is 1. The molecule has 5 N–H and O–H groups in total. The van der Waals surface area contributed by atoms with E-state index in [1.54, 1.807) is 6.07 Å². The highest BCUT2D eigenvalue weighted by Crippen LogP contribution is 2.44. The first-order chi connectivity index (χ1) is 25.4. The first-order valence-electron chi connectivity index (χ1n) is 19.1. The van der Waals surface area contributed by atoms with Gasteiger partial charge >= 0.3 is 0 Å². The third kappa shape index (κ3) is 6.81. The summed E-state index contributed by atoms with van der Waals surface area (Å²) >= 11 is 0. The second-order valence-electron chi connectivity index (χ2n) is 15.0. The Morgan fingerprint density at radius 2 is 1.79 bits per heavy atom. The molecular weight excluding hydrogens is 651 g/mol. The molecule has 8 nitrogen and oxygen atoms in total. The number of nitrogens with zero attached hydrogens (tertiary/aromatic N) is 1. The van der Waals surface area contributed by atoms with Crippen LogP contribution in [-0.4, -0.2) is 53.0 Å². The zero-order chi connectivity index (χ0) is 35.7. The maximum Gasteiger partial charge on any atom is 0.168 e. The van der Waals surface area contributed by atoms with E-state index in [1.807, 2.05) is 18.2 Å². The van der Waals surface area contributed by atoms with Gasteiger partial charge in [-0.1, -0.05) is 86.9 Å². The summed E-state index contributed by atoms with van der Waals surface area (Å²) in [4.78, 5) is 0. The van der Waals surface area contributed by atoms with E-state index in [2.05, 4.69) is 83.8 Å².